The fourth-order valence-electron chi connectivity index (χ4n) is 5.62. The zero-order valence-corrected chi connectivity index (χ0v) is 13.6. The summed E-state index contributed by atoms with van der Waals surface area (Å²) >= 11 is 0. The van der Waals surface area contributed by atoms with Crippen molar-refractivity contribution in [1.29, 1.82) is 0 Å². The summed E-state index contributed by atoms with van der Waals surface area (Å²) in [7, 11) is 2.32. The van der Waals surface area contributed by atoms with E-state index < -0.39 is 0 Å². The number of hydrogen-bond acceptors (Lipinski definition) is 4. The second-order valence-electron chi connectivity index (χ2n) is 7.62. The van der Waals surface area contributed by atoms with Gasteiger partial charge >= 0.3 is 0 Å². The summed E-state index contributed by atoms with van der Waals surface area (Å²) in [6, 6.07) is 7.59. The normalized spacial score (nSPS) is 33.1. The van der Waals surface area contributed by atoms with Gasteiger partial charge in [0.25, 0.3) is 0 Å². The molecule has 1 aromatic heterocycles. The van der Waals surface area contributed by atoms with E-state index in [1.807, 2.05) is 0 Å². The maximum Gasteiger partial charge on any atom is 0.204 e. The molecule has 0 amide bonds. The largest absolute Gasteiger partial charge is 0.303 e. The first kappa shape index (κ1) is 13.7. The highest BCUT2D eigenvalue weighted by atomic mass is 15.5. The van der Waals surface area contributed by atoms with Crippen LogP contribution in [0, 0.1) is 5.92 Å². The second-order valence-corrected chi connectivity index (χ2v) is 7.62. The Bertz CT molecular complexity index is 725. The third-order valence-electron chi connectivity index (χ3n) is 6.72. The average molecular weight is 309 g/mol. The number of fused-ring (bicyclic) bond motifs is 1. The van der Waals surface area contributed by atoms with Crippen LogP contribution in [0.1, 0.15) is 43.2 Å². The molecule has 2 heterocycles. The molecule has 23 heavy (non-hydrogen) atoms. The lowest BCUT2D eigenvalue weighted by Crippen LogP contribution is -2.59. The fraction of sp³-hybridized carbons (Fsp3) is 0.611. The molecule has 3 atom stereocenters. The quantitative estimate of drug-likeness (QED) is 0.879. The van der Waals surface area contributed by atoms with Crippen molar-refractivity contribution in [3.63, 3.8) is 0 Å². The summed E-state index contributed by atoms with van der Waals surface area (Å²) in [4.78, 5) is 2.62. The maximum absolute atomic E-state index is 4.17. The minimum Gasteiger partial charge on any atom is -0.303 e. The SMILES string of the molecule is CN1CC[C@]23CCCC[C@H]2[C@@H]1Cc1ccc(-c2nn[nH]n2)cc13. The van der Waals surface area contributed by atoms with Crippen molar-refractivity contribution in [2.75, 3.05) is 13.6 Å². The van der Waals surface area contributed by atoms with Gasteiger partial charge in [-0.1, -0.05) is 25.0 Å². The van der Waals surface area contributed by atoms with E-state index in [0.717, 1.165) is 17.5 Å². The van der Waals surface area contributed by atoms with Gasteiger partial charge in [0.1, 0.15) is 0 Å². The number of rotatable bonds is 1. The van der Waals surface area contributed by atoms with Gasteiger partial charge in [-0.25, -0.2) is 0 Å². The Labute approximate surface area is 136 Å². The van der Waals surface area contributed by atoms with Gasteiger partial charge in [-0.3, -0.25) is 0 Å². The number of likely N-dealkylation sites (N-methyl/N-ethyl adjacent to an activating group) is 1. The highest BCUT2D eigenvalue weighted by Crippen LogP contribution is 2.55. The van der Waals surface area contributed by atoms with Crippen LogP contribution >= 0.6 is 0 Å². The zero-order chi connectivity index (χ0) is 15.4. The predicted molar refractivity (Wildman–Crippen MR) is 88.0 cm³/mol. The second kappa shape index (κ2) is 4.87. The minimum atomic E-state index is 0.392. The molecule has 2 fully saturated rings. The number of piperidine rings is 1. The Balaban J connectivity index is 1.68. The van der Waals surface area contributed by atoms with E-state index in [4.69, 9.17) is 0 Å². The van der Waals surface area contributed by atoms with Gasteiger partial charge in [0.15, 0.2) is 0 Å². The molecular weight excluding hydrogens is 286 g/mol. The van der Waals surface area contributed by atoms with Crippen molar-refractivity contribution in [3.05, 3.63) is 29.3 Å². The van der Waals surface area contributed by atoms with Gasteiger partial charge in [0, 0.05) is 17.0 Å². The molecule has 0 spiro atoms. The van der Waals surface area contributed by atoms with E-state index in [9.17, 15) is 0 Å². The number of aromatic nitrogens is 4. The van der Waals surface area contributed by atoms with Gasteiger partial charge in [0.2, 0.25) is 5.82 Å². The minimum absolute atomic E-state index is 0.392. The van der Waals surface area contributed by atoms with Crippen LogP contribution in [0.5, 0.6) is 0 Å². The van der Waals surface area contributed by atoms with Crippen LogP contribution in [0.3, 0.4) is 0 Å². The monoisotopic (exact) mass is 309 g/mol. The van der Waals surface area contributed by atoms with Gasteiger partial charge < -0.3 is 4.90 Å². The van der Waals surface area contributed by atoms with Crippen molar-refractivity contribution < 1.29 is 0 Å². The molecule has 1 saturated carbocycles. The van der Waals surface area contributed by atoms with E-state index in [1.165, 1.54) is 45.1 Å². The van der Waals surface area contributed by atoms with Gasteiger partial charge in [-0.15, -0.1) is 10.2 Å². The number of benzene rings is 1. The molecule has 120 valence electrons. The van der Waals surface area contributed by atoms with E-state index in [2.05, 4.69) is 50.8 Å². The number of aromatic amines is 1. The molecule has 1 aliphatic heterocycles. The summed E-state index contributed by atoms with van der Waals surface area (Å²) in [6.07, 6.45) is 8.01. The number of H-pyrrole nitrogens is 1. The standard InChI is InChI=1S/C18H23N5/c1-23-9-8-18-7-3-2-4-14(18)16(23)11-12-5-6-13(10-15(12)18)17-19-21-22-20-17/h5-6,10,14,16H,2-4,7-9,11H2,1H3,(H,19,20,21,22)/t14-,16-,18+/m0/s1. The lowest BCUT2D eigenvalue weighted by atomic mass is 9.52. The molecule has 5 heteroatoms. The van der Waals surface area contributed by atoms with Crippen LogP contribution < -0.4 is 0 Å². The lowest BCUT2D eigenvalue weighted by molar-refractivity contribution is 0.00289. The fourth-order valence-corrected chi connectivity index (χ4v) is 5.62. The number of hydrogen-bond donors (Lipinski definition) is 1. The Morgan fingerprint density at radius 2 is 2.22 bits per heavy atom. The molecule has 0 radical (unpaired) electrons. The maximum atomic E-state index is 4.17. The molecule has 2 bridgehead atoms. The molecule has 2 aliphatic carbocycles. The van der Waals surface area contributed by atoms with Gasteiger partial charge in [-0.2, -0.15) is 5.21 Å². The first-order valence-electron chi connectivity index (χ1n) is 8.85. The van der Waals surface area contributed by atoms with Crippen molar-refractivity contribution in [2.45, 2.75) is 50.0 Å². The molecular formula is C18H23N5. The van der Waals surface area contributed by atoms with Crippen LogP contribution in [0.2, 0.25) is 0 Å². The van der Waals surface area contributed by atoms with E-state index in [0.29, 0.717) is 11.2 Å². The average Bonchev–Trinajstić information content (AvgIpc) is 3.12. The van der Waals surface area contributed by atoms with E-state index >= 15 is 0 Å². The zero-order valence-electron chi connectivity index (χ0n) is 13.6. The van der Waals surface area contributed by atoms with Crippen LogP contribution in [0.4, 0.5) is 0 Å². The topological polar surface area (TPSA) is 57.7 Å². The third-order valence-corrected chi connectivity index (χ3v) is 6.72. The Morgan fingerprint density at radius 1 is 1.26 bits per heavy atom. The predicted octanol–water partition coefficient (Wildman–Crippen LogP) is 2.55. The van der Waals surface area contributed by atoms with Gasteiger partial charge in [-0.05, 0) is 67.6 Å². The lowest BCUT2D eigenvalue weighted by Gasteiger charge is -2.58. The van der Waals surface area contributed by atoms with Gasteiger partial charge in [0.05, 0.1) is 0 Å². The molecule has 5 rings (SSSR count). The highest BCUT2D eigenvalue weighted by Gasteiger charge is 2.53. The number of likely N-dealkylation sites (tertiary alicyclic amines) is 1. The molecule has 1 N–H and O–H groups in total. The molecule has 5 nitrogen and oxygen atoms in total. The Morgan fingerprint density at radius 3 is 3.09 bits per heavy atom. The Kier molecular flexibility index (Phi) is 2.89. The third kappa shape index (κ3) is 1.86. The first-order chi connectivity index (χ1) is 11.3. The van der Waals surface area contributed by atoms with Crippen molar-refractivity contribution in [2.24, 2.45) is 5.92 Å². The van der Waals surface area contributed by atoms with Crippen LogP contribution in [0.25, 0.3) is 11.4 Å². The van der Waals surface area contributed by atoms with Crippen molar-refractivity contribution in [3.8, 4) is 11.4 Å². The highest BCUT2D eigenvalue weighted by molar-refractivity contribution is 5.59. The molecule has 3 aliphatic rings. The van der Waals surface area contributed by atoms with Crippen molar-refractivity contribution in [1.82, 2.24) is 25.5 Å². The van der Waals surface area contributed by atoms with Crippen LogP contribution in [-0.4, -0.2) is 45.2 Å². The smallest absolute Gasteiger partial charge is 0.204 e. The molecule has 1 aromatic carbocycles. The summed E-state index contributed by atoms with van der Waals surface area (Å²) < 4.78 is 0. The van der Waals surface area contributed by atoms with Crippen LogP contribution in [0.15, 0.2) is 18.2 Å². The summed E-state index contributed by atoms with van der Waals surface area (Å²) in [5, 5.41) is 14.6. The number of nitrogens with zero attached hydrogens (tertiary/aromatic N) is 4. The Hall–Kier alpha value is -1.75. The van der Waals surface area contributed by atoms with Crippen LogP contribution in [-0.2, 0) is 11.8 Å². The molecule has 2 aromatic rings. The van der Waals surface area contributed by atoms with E-state index in [1.54, 1.807) is 11.1 Å². The summed E-state index contributed by atoms with van der Waals surface area (Å²) in [6.45, 7) is 1.23. The number of nitrogens with one attached hydrogen (secondary N) is 1. The first-order valence-corrected chi connectivity index (χ1v) is 8.85. The van der Waals surface area contributed by atoms with E-state index in [-0.39, 0.29) is 0 Å². The molecule has 1 saturated heterocycles. The molecule has 0 unspecified atom stereocenters. The number of tetrazole rings is 1. The summed E-state index contributed by atoms with van der Waals surface area (Å²) in [5.41, 5.74) is 4.64. The van der Waals surface area contributed by atoms with Crippen molar-refractivity contribution >= 4 is 0 Å². The summed E-state index contributed by atoms with van der Waals surface area (Å²) in [5.74, 6) is 1.54.